The van der Waals surface area contributed by atoms with Crippen molar-refractivity contribution in [1.29, 1.82) is 0 Å². The molecule has 0 amide bonds. The highest BCUT2D eigenvalue weighted by molar-refractivity contribution is 5.86. The number of anilines is 1. The first kappa shape index (κ1) is 10.9. The Kier molecular flexibility index (Phi) is 2.55. The summed E-state index contributed by atoms with van der Waals surface area (Å²) in [6.07, 6.45) is 2.39. The first-order chi connectivity index (χ1) is 8.74. The number of rotatable bonds is 2. The minimum absolute atomic E-state index is 0.263. The van der Waals surface area contributed by atoms with Gasteiger partial charge in [0.2, 0.25) is 0 Å². The number of aromatic carboxylic acids is 1. The summed E-state index contributed by atoms with van der Waals surface area (Å²) in [6, 6.07) is 5.68. The molecule has 18 heavy (non-hydrogen) atoms. The fourth-order valence-corrected chi connectivity index (χ4v) is 2.19. The van der Waals surface area contributed by atoms with E-state index in [-0.39, 0.29) is 5.82 Å². The Labute approximate surface area is 103 Å². The molecule has 0 spiro atoms. The highest BCUT2D eigenvalue weighted by Crippen LogP contribution is 2.23. The molecule has 6 nitrogen and oxygen atoms in total. The maximum atomic E-state index is 10.8. The van der Waals surface area contributed by atoms with E-state index in [0.29, 0.717) is 11.0 Å². The molecule has 1 N–H and O–H groups in total. The van der Waals surface area contributed by atoms with Crippen LogP contribution in [0.15, 0.2) is 18.2 Å². The normalized spacial score (nSPS) is 15.2. The number of hydrogen-bond donors (Lipinski definition) is 1. The van der Waals surface area contributed by atoms with Gasteiger partial charge in [0.05, 0.1) is 5.52 Å². The highest BCUT2D eigenvalue weighted by Gasteiger charge is 2.14. The maximum Gasteiger partial charge on any atom is 0.375 e. The summed E-state index contributed by atoms with van der Waals surface area (Å²) in [5.41, 5.74) is 2.26. The van der Waals surface area contributed by atoms with Gasteiger partial charge >= 0.3 is 5.97 Å². The van der Waals surface area contributed by atoms with E-state index in [0.717, 1.165) is 18.8 Å². The third kappa shape index (κ3) is 1.85. The standard InChI is InChI=1S/C12H12N4O2/c17-12(18)11-13-10-7-8(16-5-1-2-6-16)3-4-9(10)14-15-11/h3-4,7H,1-2,5-6H2,(H,17,18). The third-order valence-electron chi connectivity index (χ3n) is 3.10. The number of fused-ring (bicyclic) bond motifs is 1. The highest BCUT2D eigenvalue weighted by atomic mass is 16.4. The summed E-state index contributed by atoms with van der Waals surface area (Å²) >= 11 is 0. The van der Waals surface area contributed by atoms with Crippen LogP contribution in [0.1, 0.15) is 23.5 Å². The fraction of sp³-hybridized carbons (Fsp3) is 0.333. The lowest BCUT2D eigenvalue weighted by molar-refractivity contribution is 0.0682. The Morgan fingerprint density at radius 1 is 1.17 bits per heavy atom. The lowest BCUT2D eigenvalue weighted by Crippen LogP contribution is -2.17. The van der Waals surface area contributed by atoms with Gasteiger partial charge in [-0.2, -0.15) is 0 Å². The molecular weight excluding hydrogens is 232 g/mol. The fourth-order valence-electron chi connectivity index (χ4n) is 2.19. The van der Waals surface area contributed by atoms with Gasteiger partial charge in [-0.05, 0) is 31.0 Å². The van der Waals surface area contributed by atoms with Crippen LogP contribution in [0.3, 0.4) is 0 Å². The molecule has 1 saturated heterocycles. The van der Waals surface area contributed by atoms with Crippen molar-refractivity contribution in [2.24, 2.45) is 0 Å². The van der Waals surface area contributed by atoms with Crippen LogP contribution in [0.4, 0.5) is 5.69 Å². The summed E-state index contributed by atoms with van der Waals surface area (Å²) in [6.45, 7) is 2.08. The monoisotopic (exact) mass is 244 g/mol. The lowest BCUT2D eigenvalue weighted by Gasteiger charge is -2.17. The lowest BCUT2D eigenvalue weighted by atomic mass is 10.2. The van der Waals surface area contributed by atoms with E-state index in [9.17, 15) is 4.79 Å². The topological polar surface area (TPSA) is 79.2 Å². The zero-order chi connectivity index (χ0) is 12.5. The van der Waals surface area contributed by atoms with E-state index in [1.165, 1.54) is 12.8 Å². The number of carboxylic acids is 1. The van der Waals surface area contributed by atoms with Gasteiger partial charge in [0, 0.05) is 18.8 Å². The zero-order valence-corrected chi connectivity index (χ0v) is 9.70. The summed E-state index contributed by atoms with van der Waals surface area (Å²) in [7, 11) is 0. The average Bonchev–Trinajstić information content (AvgIpc) is 2.91. The van der Waals surface area contributed by atoms with Crippen LogP contribution >= 0.6 is 0 Å². The molecule has 1 aromatic heterocycles. The Bertz CT molecular complexity index is 608. The van der Waals surface area contributed by atoms with Gasteiger partial charge in [-0.15, -0.1) is 10.2 Å². The number of aromatic nitrogens is 3. The molecule has 0 saturated carbocycles. The third-order valence-corrected chi connectivity index (χ3v) is 3.10. The molecule has 1 aromatic carbocycles. The Morgan fingerprint density at radius 2 is 1.94 bits per heavy atom. The molecule has 92 valence electrons. The molecule has 2 aromatic rings. The second-order valence-corrected chi connectivity index (χ2v) is 4.31. The van der Waals surface area contributed by atoms with E-state index in [2.05, 4.69) is 20.1 Å². The van der Waals surface area contributed by atoms with Crippen LogP contribution in [-0.2, 0) is 0 Å². The van der Waals surface area contributed by atoms with Gasteiger partial charge in [-0.25, -0.2) is 9.78 Å². The molecule has 3 rings (SSSR count). The molecule has 1 aliphatic rings. The molecule has 0 bridgehead atoms. The van der Waals surface area contributed by atoms with Crippen LogP contribution in [0, 0.1) is 0 Å². The second kappa shape index (κ2) is 4.21. The van der Waals surface area contributed by atoms with Gasteiger partial charge in [0.15, 0.2) is 0 Å². The predicted octanol–water partition coefficient (Wildman–Crippen LogP) is 1.32. The van der Waals surface area contributed by atoms with Crippen molar-refractivity contribution in [3.8, 4) is 0 Å². The predicted molar refractivity (Wildman–Crippen MR) is 65.7 cm³/mol. The number of nitrogens with zero attached hydrogens (tertiary/aromatic N) is 4. The smallest absolute Gasteiger partial charge is 0.375 e. The molecule has 0 aliphatic carbocycles. The first-order valence-electron chi connectivity index (χ1n) is 5.87. The molecule has 0 atom stereocenters. The summed E-state index contributed by atoms with van der Waals surface area (Å²) in [4.78, 5) is 17.1. The van der Waals surface area contributed by atoms with E-state index in [4.69, 9.17) is 5.11 Å². The minimum atomic E-state index is -1.16. The number of carbonyl (C=O) groups is 1. The summed E-state index contributed by atoms with van der Waals surface area (Å²) < 4.78 is 0. The van der Waals surface area contributed by atoms with E-state index in [1.807, 2.05) is 18.2 Å². The van der Waals surface area contributed by atoms with Crippen molar-refractivity contribution >= 4 is 22.7 Å². The molecule has 1 aliphatic heterocycles. The van der Waals surface area contributed by atoms with Crippen molar-refractivity contribution in [2.75, 3.05) is 18.0 Å². The van der Waals surface area contributed by atoms with Gasteiger partial charge < -0.3 is 10.0 Å². The quantitative estimate of drug-likeness (QED) is 0.858. The zero-order valence-electron chi connectivity index (χ0n) is 9.70. The second-order valence-electron chi connectivity index (χ2n) is 4.31. The number of benzene rings is 1. The molecule has 6 heteroatoms. The van der Waals surface area contributed by atoms with Gasteiger partial charge in [-0.1, -0.05) is 0 Å². The summed E-state index contributed by atoms with van der Waals surface area (Å²) in [5.74, 6) is -1.42. The Hall–Kier alpha value is -2.24. The van der Waals surface area contributed by atoms with Crippen molar-refractivity contribution in [3.05, 3.63) is 24.0 Å². The maximum absolute atomic E-state index is 10.8. The van der Waals surface area contributed by atoms with Crippen LogP contribution < -0.4 is 4.90 Å². The van der Waals surface area contributed by atoms with Crippen molar-refractivity contribution < 1.29 is 9.90 Å². The van der Waals surface area contributed by atoms with Crippen LogP contribution in [0.2, 0.25) is 0 Å². The molecule has 0 radical (unpaired) electrons. The van der Waals surface area contributed by atoms with Gasteiger partial charge in [0.1, 0.15) is 5.52 Å². The average molecular weight is 244 g/mol. The molecule has 1 fully saturated rings. The van der Waals surface area contributed by atoms with Crippen molar-refractivity contribution in [1.82, 2.24) is 15.2 Å². The SMILES string of the molecule is O=C(O)c1nnc2ccc(N3CCCC3)cc2n1. The van der Waals surface area contributed by atoms with Crippen LogP contribution in [0.5, 0.6) is 0 Å². The van der Waals surface area contributed by atoms with Crippen LogP contribution in [-0.4, -0.2) is 39.3 Å². The Balaban J connectivity index is 2.06. The largest absolute Gasteiger partial charge is 0.475 e. The molecule has 0 unspecified atom stereocenters. The first-order valence-corrected chi connectivity index (χ1v) is 5.87. The van der Waals surface area contributed by atoms with Crippen LogP contribution in [0.25, 0.3) is 11.0 Å². The van der Waals surface area contributed by atoms with Gasteiger partial charge in [0.25, 0.3) is 5.82 Å². The van der Waals surface area contributed by atoms with Crippen molar-refractivity contribution in [2.45, 2.75) is 12.8 Å². The Morgan fingerprint density at radius 3 is 2.67 bits per heavy atom. The van der Waals surface area contributed by atoms with E-state index >= 15 is 0 Å². The minimum Gasteiger partial charge on any atom is -0.475 e. The van der Waals surface area contributed by atoms with E-state index in [1.54, 1.807) is 0 Å². The molecular formula is C12H12N4O2. The van der Waals surface area contributed by atoms with Gasteiger partial charge in [-0.3, -0.25) is 0 Å². The van der Waals surface area contributed by atoms with Crippen molar-refractivity contribution in [3.63, 3.8) is 0 Å². The summed E-state index contributed by atoms with van der Waals surface area (Å²) in [5, 5.41) is 16.3. The number of hydrogen-bond acceptors (Lipinski definition) is 5. The number of carboxylic acid groups (broad SMARTS) is 1. The molecule has 2 heterocycles. The van der Waals surface area contributed by atoms with E-state index < -0.39 is 5.97 Å².